The van der Waals surface area contributed by atoms with E-state index in [1.165, 1.54) is 0 Å². The number of carbonyl (C=O) groups excluding carboxylic acids is 3. The molecule has 4 heteroatoms. The first-order chi connectivity index (χ1) is 14.4. The van der Waals surface area contributed by atoms with Gasteiger partial charge < -0.3 is 4.74 Å². The number of hydrogen-bond donors (Lipinski definition) is 0. The SMILES string of the molecule is CC(C)[C@H]1CC[C@H](C)C[C@H]1OC(=O)C(C(=O)c1ccccc1)C(=O)c1ccccc1. The van der Waals surface area contributed by atoms with Gasteiger partial charge in [-0.25, -0.2) is 0 Å². The van der Waals surface area contributed by atoms with E-state index < -0.39 is 23.5 Å². The molecule has 2 aromatic carbocycles. The van der Waals surface area contributed by atoms with Gasteiger partial charge in [0.2, 0.25) is 0 Å². The van der Waals surface area contributed by atoms with E-state index in [9.17, 15) is 14.4 Å². The average Bonchev–Trinajstić information content (AvgIpc) is 2.74. The molecular formula is C26H30O4. The van der Waals surface area contributed by atoms with Gasteiger partial charge in [-0.2, -0.15) is 0 Å². The van der Waals surface area contributed by atoms with Gasteiger partial charge in [0.25, 0.3) is 0 Å². The van der Waals surface area contributed by atoms with Crippen LogP contribution < -0.4 is 0 Å². The normalized spacial score (nSPS) is 21.4. The van der Waals surface area contributed by atoms with Crippen LogP contribution >= 0.6 is 0 Å². The molecular weight excluding hydrogens is 376 g/mol. The van der Waals surface area contributed by atoms with Crippen LogP contribution in [0.4, 0.5) is 0 Å². The van der Waals surface area contributed by atoms with Crippen LogP contribution in [0.5, 0.6) is 0 Å². The summed E-state index contributed by atoms with van der Waals surface area (Å²) in [5.74, 6) is -2.19. The van der Waals surface area contributed by atoms with Gasteiger partial charge in [-0.3, -0.25) is 14.4 Å². The largest absolute Gasteiger partial charge is 0.461 e. The molecule has 0 radical (unpaired) electrons. The average molecular weight is 407 g/mol. The molecule has 0 N–H and O–H groups in total. The van der Waals surface area contributed by atoms with Gasteiger partial charge >= 0.3 is 5.97 Å². The van der Waals surface area contributed by atoms with Gasteiger partial charge in [0, 0.05) is 11.1 Å². The fourth-order valence-corrected chi connectivity index (χ4v) is 4.34. The lowest BCUT2D eigenvalue weighted by molar-refractivity contribution is -0.157. The minimum atomic E-state index is -1.49. The second-order valence-electron chi connectivity index (χ2n) is 8.69. The maximum atomic E-state index is 13.3. The first-order valence-electron chi connectivity index (χ1n) is 10.8. The number of benzene rings is 2. The molecule has 158 valence electrons. The van der Waals surface area contributed by atoms with E-state index in [0.29, 0.717) is 23.0 Å². The Morgan fingerprint density at radius 2 is 1.33 bits per heavy atom. The van der Waals surface area contributed by atoms with Crippen molar-refractivity contribution in [1.29, 1.82) is 0 Å². The van der Waals surface area contributed by atoms with E-state index in [1.54, 1.807) is 60.7 Å². The molecule has 4 nitrogen and oxygen atoms in total. The Morgan fingerprint density at radius 3 is 1.80 bits per heavy atom. The molecule has 0 aliphatic heterocycles. The van der Waals surface area contributed by atoms with E-state index in [-0.39, 0.29) is 12.0 Å². The van der Waals surface area contributed by atoms with Crippen molar-refractivity contribution >= 4 is 17.5 Å². The summed E-state index contributed by atoms with van der Waals surface area (Å²) in [5, 5.41) is 0. The zero-order chi connectivity index (χ0) is 21.7. The Labute approximate surface area is 178 Å². The lowest BCUT2D eigenvalue weighted by Gasteiger charge is -2.37. The van der Waals surface area contributed by atoms with Gasteiger partial charge in [-0.15, -0.1) is 0 Å². The number of esters is 1. The van der Waals surface area contributed by atoms with Crippen LogP contribution in [-0.2, 0) is 9.53 Å². The quantitative estimate of drug-likeness (QED) is 0.352. The predicted octanol–water partition coefficient (Wildman–Crippen LogP) is 5.37. The van der Waals surface area contributed by atoms with Crippen LogP contribution in [0.25, 0.3) is 0 Å². The van der Waals surface area contributed by atoms with E-state index in [2.05, 4.69) is 20.8 Å². The maximum Gasteiger partial charge on any atom is 0.325 e. The summed E-state index contributed by atoms with van der Waals surface area (Å²) in [6, 6.07) is 17.0. The molecule has 0 heterocycles. The lowest BCUT2D eigenvalue weighted by Crippen LogP contribution is -2.41. The molecule has 3 atom stereocenters. The predicted molar refractivity (Wildman–Crippen MR) is 116 cm³/mol. The summed E-state index contributed by atoms with van der Waals surface area (Å²) in [6.45, 7) is 6.41. The van der Waals surface area contributed by atoms with Crippen molar-refractivity contribution < 1.29 is 19.1 Å². The highest BCUT2D eigenvalue weighted by Gasteiger charge is 2.40. The standard InChI is InChI=1S/C26H30O4/c1-17(2)21-15-14-18(3)16-22(21)30-26(29)23(24(27)19-10-6-4-7-11-19)25(28)20-12-8-5-9-13-20/h4-13,17-18,21-23H,14-16H2,1-3H3/t18-,21+,22+/m0/s1. The third-order valence-electron chi connectivity index (χ3n) is 6.11. The maximum absolute atomic E-state index is 13.3. The van der Waals surface area contributed by atoms with E-state index in [1.807, 2.05) is 0 Å². The first kappa shape index (κ1) is 21.9. The van der Waals surface area contributed by atoms with Crippen LogP contribution in [0.1, 0.15) is 60.7 Å². The molecule has 0 spiro atoms. The first-order valence-corrected chi connectivity index (χ1v) is 10.8. The highest BCUT2D eigenvalue weighted by atomic mass is 16.5. The number of ketones is 2. The highest BCUT2D eigenvalue weighted by Crippen LogP contribution is 2.36. The molecule has 1 fully saturated rings. The fraction of sp³-hybridized carbons (Fsp3) is 0.423. The van der Waals surface area contributed by atoms with Gasteiger partial charge in [-0.1, -0.05) is 87.9 Å². The molecule has 1 aliphatic rings. The van der Waals surface area contributed by atoms with Crippen molar-refractivity contribution in [1.82, 2.24) is 0 Å². The van der Waals surface area contributed by atoms with Crippen molar-refractivity contribution in [2.75, 3.05) is 0 Å². The Kier molecular flexibility index (Phi) is 7.20. The van der Waals surface area contributed by atoms with E-state index >= 15 is 0 Å². The molecule has 0 bridgehead atoms. The summed E-state index contributed by atoms with van der Waals surface area (Å²) in [7, 11) is 0. The molecule has 30 heavy (non-hydrogen) atoms. The number of rotatable bonds is 7. The molecule has 3 rings (SSSR count). The second-order valence-corrected chi connectivity index (χ2v) is 8.69. The van der Waals surface area contributed by atoms with Crippen molar-refractivity contribution in [3.05, 3.63) is 71.8 Å². The Hall–Kier alpha value is -2.75. The fourth-order valence-electron chi connectivity index (χ4n) is 4.34. The summed E-state index contributed by atoms with van der Waals surface area (Å²) in [5.41, 5.74) is 0.669. The van der Waals surface area contributed by atoms with Crippen molar-refractivity contribution in [2.45, 2.75) is 46.1 Å². The third kappa shape index (κ3) is 5.05. The van der Waals surface area contributed by atoms with Crippen LogP contribution in [0, 0.1) is 23.7 Å². The van der Waals surface area contributed by atoms with Crippen LogP contribution in [-0.4, -0.2) is 23.6 Å². The van der Waals surface area contributed by atoms with Crippen LogP contribution in [0.2, 0.25) is 0 Å². The Balaban J connectivity index is 1.90. The molecule has 1 saturated carbocycles. The Bertz CT molecular complexity index is 821. The van der Waals surface area contributed by atoms with Crippen LogP contribution in [0.15, 0.2) is 60.7 Å². The smallest absolute Gasteiger partial charge is 0.325 e. The molecule has 0 amide bonds. The summed E-state index contributed by atoms with van der Waals surface area (Å²) in [6.07, 6.45) is 2.59. The van der Waals surface area contributed by atoms with Gasteiger partial charge in [0.15, 0.2) is 17.5 Å². The van der Waals surface area contributed by atoms with Crippen molar-refractivity contribution in [3.63, 3.8) is 0 Å². The van der Waals surface area contributed by atoms with Crippen molar-refractivity contribution in [2.24, 2.45) is 23.7 Å². The molecule has 1 aliphatic carbocycles. The Morgan fingerprint density at radius 1 is 0.833 bits per heavy atom. The second kappa shape index (κ2) is 9.84. The van der Waals surface area contributed by atoms with Gasteiger partial charge in [0.1, 0.15) is 6.10 Å². The number of hydrogen-bond acceptors (Lipinski definition) is 4. The topological polar surface area (TPSA) is 60.4 Å². The van der Waals surface area contributed by atoms with Gasteiger partial charge in [0.05, 0.1) is 0 Å². The lowest BCUT2D eigenvalue weighted by atomic mass is 9.75. The summed E-state index contributed by atoms with van der Waals surface area (Å²) < 4.78 is 5.90. The zero-order valence-corrected chi connectivity index (χ0v) is 17.9. The molecule has 0 saturated heterocycles. The monoisotopic (exact) mass is 406 g/mol. The third-order valence-corrected chi connectivity index (χ3v) is 6.11. The summed E-state index contributed by atoms with van der Waals surface area (Å²) in [4.78, 5) is 39.7. The molecule has 2 aromatic rings. The number of carbonyl (C=O) groups is 3. The van der Waals surface area contributed by atoms with E-state index in [0.717, 1.165) is 19.3 Å². The molecule has 0 aromatic heterocycles. The zero-order valence-electron chi connectivity index (χ0n) is 17.9. The van der Waals surface area contributed by atoms with Crippen molar-refractivity contribution in [3.8, 4) is 0 Å². The van der Waals surface area contributed by atoms with Gasteiger partial charge in [-0.05, 0) is 30.6 Å². The summed E-state index contributed by atoms with van der Waals surface area (Å²) >= 11 is 0. The highest BCUT2D eigenvalue weighted by molar-refractivity contribution is 6.26. The minimum absolute atomic E-state index is 0.240. The number of ether oxygens (including phenoxy) is 1. The van der Waals surface area contributed by atoms with E-state index in [4.69, 9.17) is 4.74 Å². The van der Waals surface area contributed by atoms with Crippen LogP contribution in [0.3, 0.4) is 0 Å². The molecule has 0 unspecified atom stereocenters. The minimum Gasteiger partial charge on any atom is -0.461 e. The number of Topliss-reactive ketones (excluding diaryl/α,β-unsaturated/α-hetero) is 2.